The van der Waals surface area contributed by atoms with Crippen molar-refractivity contribution in [1.82, 2.24) is 14.7 Å². The first-order valence-electron chi connectivity index (χ1n) is 10.5. The predicted molar refractivity (Wildman–Crippen MR) is 109 cm³/mol. The van der Waals surface area contributed by atoms with Crippen LogP contribution in [0.5, 0.6) is 0 Å². The first-order chi connectivity index (χ1) is 13.5. The predicted octanol–water partition coefficient (Wildman–Crippen LogP) is 4.02. The van der Waals surface area contributed by atoms with Crippen LogP contribution in [0.2, 0.25) is 0 Å². The number of nitrogens with zero attached hydrogens (tertiary/aromatic N) is 3. The van der Waals surface area contributed by atoms with Crippen molar-refractivity contribution < 1.29 is 9.53 Å². The minimum Gasteiger partial charge on any atom is -0.381 e. The van der Waals surface area contributed by atoms with Gasteiger partial charge < -0.3 is 9.64 Å². The second-order valence-corrected chi connectivity index (χ2v) is 8.87. The van der Waals surface area contributed by atoms with Crippen molar-refractivity contribution in [2.45, 2.75) is 52.1 Å². The summed E-state index contributed by atoms with van der Waals surface area (Å²) in [5.41, 5.74) is 2.38. The van der Waals surface area contributed by atoms with Gasteiger partial charge in [-0.25, -0.2) is 0 Å². The summed E-state index contributed by atoms with van der Waals surface area (Å²) in [6.45, 7) is 9.71. The topological polar surface area (TPSA) is 47.4 Å². The molecule has 2 saturated heterocycles. The molecule has 1 amide bonds. The van der Waals surface area contributed by atoms with Crippen LogP contribution in [0.25, 0.3) is 0 Å². The van der Waals surface area contributed by atoms with Gasteiger partial charge in [0.15, 0.2) is 0 Å². The van der Waals surface area contributed by atoms with Gasteiger partial charge in [-0.15, -0.1) is 0 Å². The number of benzene rings is 1. The van der Waals surface area contributed by atoms with Gasteiger partial charge in [-0.05, 0) is 31.2 Å². The molecule has 3 heterocycles. The molecule has 2 fully saturated rings. The molecule has 2 atom stereocenters. The second-order valence-electron chi connectivity index (χ2n) is 8.87. The molecule has 2 aromatic rings. The Morgan fingerprint density at radius 3 is 2.61 bits per heavy atom. The van der Waals surface area contributed by atoms with E-state index >= 15 is 0 Å². The molecule has 0 bridgehead atoms. The molecule has 0 radical (unpaired) electrons. The Kier molecular flexibility index (Phi) is 5.28. The third-order valence-corrected chi connectivity index (χ3v) is 6.34. The van der Waals surface area contributed by atoms with Crippen LogP contribution in [-0.2, 0) is 16.1 Å². The van der Waals surface area contributed by atoms with Crippen LogP contribution < -0.4 is 0 Å². The Morgan fingerprint density at radius 2 is 1.93 bits per heavy atom. The molecule has 1 aromatic heterocycles. The number of hydrogen-bond acceptors (Lipinski definition) is 3. The van der Waals surface area contributed by atoms with Crippen LogP contribution in [0.1, 0.15) is 56.7 Å². The molecule has 2 aliphatic heterocycles. The summed E-state index contributed by atoms with van der Waals surface area (Å²) in [6.07, 6.45) is 6.14. The van der Waals surface area contributed by atoms with Crippen LogP contribution in [0.4, 0.5) is 0 Å². The van der Waals surface area contributed by atoms with Gasteiger partial charge in [0.25, 0.3) is 0 Å². The Balaban J connectivity index is 1.60. The molecular weight excluding hydrogens is 350 g/mol. The first-order valence-corrected chi connectivity index (χ1v) is 10.5. The third-order valence-electron chi connectivity index (χ3n) is 6.34. The minimum absolute atomic E-state index is 0.107. The first kappa shape index (κ1) is 19.2. The molecule has 5 nitrogen and oxygen atoms in total. The van der Waals surface area contributed by atoms with E-state index in [1.807, 2.05) is 48.1 Å². The van der Waals surface area contributed by atoms with E-state index in [1.54, 1.807) is 0 Å². The highest BCUT2D eigenvalue weighted by Crippen LogP contribution is 2.55. The Labute approximate surface area is 167 Å². The number of likely N-dealkylation sites (tertiary alicyclic amines) is 1. The Morgan fingerprint density at radius 1 is 1.21 bits per heavy atom. The quantitative estimate of drug-likeness (QED) is 0.786. The van der Waals surface area contributed by atoms with E-state index in [-0.39, 0.29) is 23.3 Å². The van der Waals surface area contributed by atoms with Crippen LogP contribution >= 0.6 is 0 Å². The molecule has 0 N–H and O–H groups in total. The van der Waals surface area contributed by atoms with Crippen LogP contribution in [0, 0.1) is 11.3 Å². The number of hydrogen-bond donors (Lipinski definition) is 0. The van der Waals surface area contributed by atoms with E-state index in [0.717, 1.165) is 44.7 Å². The summed E-state index contributed by atoms with van der Waals surface area (Å²) in [6, 6.07) is 10.2. The molecule has 1 spiro atoms. The zero-order chi connectivity index (χ0) is 19.7. The fourth-order valence-electron chi connectivity index (χ4n) is 4.81. The SMILES string of the molecule is CC(C)Cn1cc(C2N(C(=O)[C@@H](C)c3ccccc3)CC23CCOCC3)cn1. The number of carbonyl (C=O) groups is 1. The van der Waals surface area contributed by atoms with Crippen LogP contribution in [-0.4, -0.2) is 40.3 Å². The van der Waals surface area contributed by atoms with Gasteiger partial charge in [0, 0.05) is 43.5 Å². The summed E-state index contributed by atoms with van der Waals surface area (Å²) < 4.78 is 7.65. The van der Waals surface area contributed by atoms with Crippen LogP contribution in [0.15, 0.2) is 42.7 Å². The monoisotopic (exact) mass is 381 g/mol. The molecule has 2 aliphatic rings. The maximum Gasteiger partial charge on any atom is 0.230 e. The van der Waals surface area contributed by atoms with E-state index < -0.39 is 0 Å². The molecule has 1 unspecified atom stereocenters. The van der Waals surface area contributed by atoms with Gasteiger partial charge in [0.1, 0.15) is 0 Å². The lowest BCUT2D eigenvalue weighted by molar-refractivity contribution is -0.170. The molecule has 28 heavy (non-hydrogen) atoms. The van der Waals surface area contributed by atoms with Crippen molar-refractivity contribution in [2.75, 3.05) is 19.8 Å². The highest BCUT2D eigenvalue weighted by Gasteiger charge is 2.56. The summed E-state index contributed by atoms with van der Waals surface area (Å²) >= 11 is 0. The van der Waals surface area contributed by atoms with Crippen molar-refractivity contribution in [1.29, 1.82) is 0 Å². The third kappa shape index (κ3) is 3.48. The average molecular weight is 382 g/mol. The molecule has 0 saturated carbocycles. The zero-order valence-corrected chi connectivity index (χ0v) is 17.2. The minimum atomic E-state index is -0.133. The lowest BCUT2D eigenvalue weighted by Gasteiger charge is -2.59. The highest BCUT2D eigenvalue weighted by atomic mass is 16.5. The molecule has 5 heteroatoms. The molecule has 150 valence electrons. The van der Waals surface area contributed by atoms with Crippen molar-refractivity contribution in [2.24, 2.45) is 11.3 Å². The van der Waals surface area contributed by atoms with Gasteiger partial charge in [0.05, 0.1) is 18.2 Å². The van der Waals surface area contributed by atoms with Crippen LogP contribution in [0.3, 0.4) is 0 Å². The molecular formula is C23H31N3O2. The maximum atomic E-state index is 13.4. The number of ether oxygens (including phenoxy) is 1. The summed E-state index contributed by atoms with van der Waals surface area (Å²) in [4.78, 5) is 15.5. The van der Waals surface area contributed by atoms with E-state index in [9.17, 15) is 4.79 Å². The maximum absolute atomic E-state index is 13.4. The fraction of sp³-hybridized carbons (Fsp3) is 0.565. The lowest BCUT2D eigenvalue weighted by Crippen LogP contribution is -2.62. The van der Waals surface area contributed by atoms with Crippen molar-refractivity contribution in [3.63, 3.8) is 0 Å². The largest absolute Gasteiger partial charge is 0.381 e. The number of carbonyl (C=O) groups excluding carboxylic acids is 1. The van der Waals surface area contributed by atoms with E-state index in [0.29, 0.717) is 5.92 Å². The van der Waals surface area contributed by atoms with E-state index in [2.05, 4.69) is 30.0 Å². The van der Waals surface area contributed by atoms with Gasteiger partial charge in [-0.3, -0.25) is 9.48 Å². The van der Waals surface area contributed by atoms with Crippen molar-refractivity contribution in [3.8, 4) is 0 Å². The van der Waals surface area contributed by atoms with Gasteiger partial charge in [-0.1, -0.05) is 44.2 Å². The summed E-state index contributed by atoms with van der Waals surface area (Å²) in [5.74, 6) is 0.624. The Hall–Kier alpha value is -2.14. The van der Waals surface area contributed by atoms with Crippen molar-refractivity contribution >= 4 is 5.91 Å². The van der Waals surface area contributed by atoms with Gasteiger partial charge >= 0.3 is 0 Å². The van der Waals surface area contributed by atoms with E-state index in [4.69, 9.17) is 4.74 Å². The second kappa shape index (κ2) is 7.70. The van der Waals surface area contributed by atoms with Gasteiger partial charge in [0.2, 0.25) is 5.91 Å². The number of aromatic nitrogens is 2. The fourth-order valence-corrected chi connectivity index (χ4v) is 4.81. The average Bonchev–Trinajstić information content (AvgIpc) is 3.13. The van der Waals surface area contributed by atoms with Crippen molar-refractivity contribution in [3.05, 3.63) is 53.9 Å². The normalized spacial score (nSPS) is 22.3. The number of amides is 1. The Bertz CT molecular complexity index is 808. The zero-order valence-electron chi connectivity index (χ0n) is 17.2. The van der Waals surface area contributed by atoms with Gasteiger partial charge in [-0.2, -0.15) is 5.10 Å². The molecule has 4 rings (SSSR count). The summed E-state index contributed by atoms with van der Waals surface area (Å²) in [5, 5.41) is 4.58. The lowest BCUT2D eigenvalue weighted by atomic mass is 9.64. The highest BCUT2D eigenvalue weighted by molar-refractivity contribution is 5.84. The summed E-state index contributed by atoms with van der Waals surface area (Å²) in [7, 11) is 0. The smallest absolute Gasteiger partial charge is 0.230 e. The molecule has 0 aliphatic carbocycles. The van der Waals surface area contributed by atoms with E-state index in [1.165, 1.54) is 5.56 Å². The standard InChI is InChI=1S/C23H31N3O2/c1-17(2)14-25-15-20(13-24-25)21-23(9-11-28-12-10-23)16-26(21)22(27)18(3)19-7-5-4-6-8-19/h4-8,13,15,17-18,21H,9-12,14,16H2,1-3H3/t18-,21?/m0/s1. The molecule has 1 aromatic carbocycles. The number of rotatable bonds is 5.